The molecule has 0 N–H and O–H groups in total. The van der Waals surface area contributed by atoms with Gasteiger partial charge in [-0.25, -0.2) is 4.98 Å². The first-order valence-corrected chi connectivity index (χ1v) is 11.1. The highest BCUT2D eigenvalue weighted by Crippen LogP contribution is 2.36. The predicted molar refractivity (Wildman–Crippen MR) is 122 cm³/mol. The molecule has 156 valence electrons. The van der Waals surface area contributed by atoms with Crippen LogP contribution in [0.15, 0.2) is 45.9 Å². The molecule has 0 aliphatic rings. The van der Waals surface area contributed by atoms with Crippen molar-refractivity contribution in [3.63, 3.8) is 0 Å². The van der Waals surface area contributed by atoms with Crippen LogP contribution in [0.1, 0.15) is 50.1 Å². The third kappa shape index (κ3) is 3.60. The monoisotopic (exact) mass is 421 g/mol. The van der Waals surface area contributed by atoms with Gasteiger partial charge in [0.2, 0.25) is 11.3 Å². The van der Waals surface area contributed by atoms with Gasteiger partial charge < -0.3 is 4.42 Å². The maximum Gasteiger partial charge on any atom is 0.236 e. The van der Waals surface area contributed by atoms with Crippen LogP contribution < -0.4 is 5.43 Å². The Morgan fingerprint density at radius 2 is 1.90 bits per heavy atom. The molecule has 1 aromatic carbocycles. The molecular weight excluding hydrogens is 394 g/mol. The molecule has 5 nitrogen and oxygen atoms in total. The van der Waals surface area contributed by atoms with Crippen LogP contribution in [0.2, 0.25) is 0 Å². The van der Waals surface area contributed by atoms with Gasteiger partial charge in [-0.3, -0.25) is 9.48 Å². The van der Waals surface area contributed by atoms with E-state index in [1.54, 1.807) is 12.5 Å². The summed E-state index contributed by atoms with van der Waals surface area (Å²) in [6.45, 7) is 11.0. The number of aromatic nitrogens is 3. The SMILES string of the molecule is CCc1ccccc1CCn1nc(C(C)(C)C)c(=O)c2c(C)c(-c3ncco3)sc21. The van der Waals surface area contributed by atoms with Crippen molar-refractivity contribution in [1.29, 1.82) is 0 Å². The Bertz CT molecular complexity index is 1240. The molecule has 4 aromatic rings. The lowest BCUT2D eigenvalue weighted by Crippen LogP contribution is -2.28. The Hall–Kier alpha value is -2.73. The predicted octanol–water partition coefficient (Wildman–Crippen LogP) is 5.52. The molecule has 3 heterocycles. The van der Waals surface area contributed by atoms with Crippen LogP contribution in [0.4, 0.5) is 0 Å². The van der Waals surface area contributed by atoms with Crippen LogP contribution in [0.25, 0.3) is 21.0 Å². The van der Waals surface area contributed by atoms with E-state index in [1.165, 1.54) is 22.5 Å². The molecule has 0 atom stereocenters. The first-order valence-electron chi connectivity index (χ1n) is 10.3. The number of oxazole rings is 1. The molecule has 0 saturated carbocycles. The van der Waals surface area contributed by atoms with Crippen molar-refractivity contribution in [2.24, 2.45) is 0 Å². The average Bonchev–Trinajstić information content (AvgIpc) is 3.35. The first kappa shape index (κ1) is 20.5. The molecule has 0 saturated heterocycles. The fourth-order valence-electron chi connectivity index (χ4n) is 3.83. The maximum absolute atomic E-state index is 13.4. The summed E-state index contributed by atoms with van der Waals surface area (Å²) in [5.41, 5.74) is 3.86. The minimum Gasteiger partial charge on any atom is -0.444 e. The van der Waals surface area contributed by atoms with E-state index in [2.05, 4.69) is 36.2 Å². The van der Waals surface area contributed by atoms with Crippen molar-refractivity contribution in [3.8, 4) is 10.8 Å². The van der Waals surface area contributed by atoms with E-state index in [0.717, 1.165) is 33.5 Å². The highest BCUT2D eigenvalue weighted by atomic mass is 32.1. The molecule has 0 spiro atoms. The fraction of sp³-hybridized carbons (Fsp3) is 0.375. The minimum atomic E-state index is -0.341. The summed E-state index contributed by atoms with van der Waals surface area (Å²) in [5.74, 6) is 0.549. The Morgan fingerprint density at radius 3 is 2.53 bits per heavy atom. The Labute approximate surface area is 180 Å². The van der Waals surface area contributed by atoms with E-state index >= 15 is 0 Å². The fourth-order valence-corrected chi connectivity index (χ4v) is 5.05. The summed E-state index contributed by atoms with van der Waals surface area (Å²) >= 11 is 1.53. The summed E-state index contributed by atoms with van der Waals surface area (Å²) in [6.07, 6.45) is 5.06. The lowest BCUT2D eigenvalue weighted by Gasteiger charge is -2.19. The first-order chi connectivity index (χ1) is 14.3. The minimum absolute atomic E-state index is 0.00858. The van der Waals surface area contributed by atoms with Crippen LogP contribution in [0, 0.1) is 6.92 Å². The van der Waals surface area contributed by atoms with Crippen LogP contribution in [0.5, 0.6) is 0 Å². The number of hydrogen-bond donors (Lipinski definition) is 0. The van der Waals surface area contributed by atoms with Crippen molar-refractivity contribution in [2.45, 2.75) is 59.4 Å². The van der Waals surface area contributed by atoms with Gasteiger partial charge in [-0.1, -0.05) is 52.0 Å². The van der Waals surface area contributed by atoms with Gasteiger partial charge in [0.15, 0.2) is 0 Å². The average molecular weight is 422 g/mol. The van der Waals surface area contributed by atoms with E-state index < -0.39 is 0 Å². The molecule has 4 rings (SSSR count). The van der Waals surface area contributed by atoms with Gasteiger partial charge in [-0.05, 0) is 36.5 Å². The van der Waals surface area contributed by atoms with Crippen LogP contribution in [0.3, 0.4) is 0 Å². The summed E-state index contributed by atoms with van der Waals surface area (Å²) in [5, 5.41) is 5.57. The molecule has 0 unspecified atom stereocenters. The Kier molecular flexibility index (Phi) is 5.36. The summed E-state index contributed by atoms with van der Waals surface area (Å²) < 4.78 is 7.54. The van der Waals surface area contributed by atoms with Gasteiger partial charge in [0.05, 0.1) is 16.5 Å². The van der Waals surface area contributed by atoms with Gasteiger partial charge in [0.25, 0.3) is 0 Å². The highest BCUT2D eigenvalue weighted by molar-refractivity contribution is 7.22. The molecule has 0 fully saturated rings. The molecule has 0 aliphatic carbocycles. The number of nitrogens with zero attached hydrogens (tertiary/aromatic N) is 3. The van der Waals surface area contributed by atoms with Gasteiger partial charge >= 0.3 is 0 Å². The van der Waals surface area contributed by atoms with Crippen molar-refractivity contribution in [1.82, 2.24) is 14.8 Å². The normalized spacial score (nSPS) is 12.0. The van der Waals surface area contributed by atoms with Crippen LogP contribution in [-0.4, -0.2) is 14.8 Å². The van der Waals surface area contributed by atoms with Gasteiger partial charge in [0.1, 0.15) is 16.8 Å². The molecule has 0 bridgehead atoms. The number of hydrogen-bond acceptors (Lipinski definition) is 5. The summed E-state index contributed by atoms with van der Waals surface area (Å²) in [7, 11) is 0. The van der Waals surface area contributed by atoms with E-state index in [1.807, 2.05) is 32.4 Å². The third-order valence-electron chi connectivity index (χ3n) is 5.45. The second-order valence-corrected chi connectivity index (χ2v) is 9.60. The Balaban J connectivity index is 1.88. The topological polar surface area (TPSA) is 60.9 Å². The van der Waals surface area contributed by atoms with Gasteiger partial charge in [0, 0.05) is 12.0 Å². The number of aryl methyl sites for hydroxylation is 4. The maximum atomic E-state index is 13.4. The molecule has 0 radical (unpaired) electrons. The summed E-state index contributed by atoms with van der Waals surface area (Å²) in [4.78, 5) is 19.5. The van der Waals surface area contributed by atoms with Crippen molar-refractivity contribution < 1.29 is 4.42 Å². The van der Waals surface area contributed by atoms with Crippen LogP contribution >= 0.6 is 11.3 Å². The van der Waals surface area contributed by atoms with Crippen LogP contribution in [-0.2, 0) is 24.8 Å². The largest absolute Gasteiger partial charge is 0.444 e. The molecule has 6 heteroatoms. The second-order valence-electron chi connectivity index (χ2n) is 8.60. The zero-order chi connectivity index (χ0) is 21.5. The highest BCUT2D eigenvalue weighted by Gasteiger charge is 2.26. The van der Waals surface area contributed by atoms with Crippen molar-refractivity contribution in [2.75, 3.05) is 0 Å². The molecule has 0 amide bonds. The van der Waals surface area contributed by atoms with Crippen molar-refractivity contribution >= 4 is 21.6 Å². The molecule has 0 aliphatic heterocycles. The molecule has 3 aromatic heterocycles. The zero-order valence-corrected chi connectivity index (χ0v) is 19.0. The van der Waals surface area contributed by atoms with E-state index in [-0.39, 0.29) is 10.8 Å². The molecule has 30 heavy (non-hydrogen) atoms. The quantitative estimate of drug-likeness (QED) is 0.425. The number of thiophene rings is 1. The number of rotatable bonds is 5. The van der Waals surface area contributed by atoms with E-state index in [9.17, 15) is 4.79 Å². The number of benzene rings is 1. The second kappa shape index (κ2) is 7.84. The third-order valence-corrected chi connectivity index (χ3v) is 6.75. The lowest BCUT2D eigenvalue weighted by molar-refractivity contribution is 0.517. The van der Waals surface area contributed by atoms with Gasteiger partial charge in [-0.15, -0.1) is 11.3 Å². The lowest BCUT2D eigenvalue weighted by atomic mass is 9.91. The smallest absolute Gasteiger partial charge is 0.236 e. The number of fused-ring (bicyclic) bond motifs is 1. The van der Waals surface area contributed by atoms with E-state index in [4.69, 9.17) is 9.52 Å². The van der Waals surface area contributed by atoms with E-state index in [0.29, 0.717) is 18.1 Å². The Morgan fingerprint density at radius 1 is 1.17 bits per heavy atom. The zero-order valence-electron chi connectivity index (χ0n) is 18.2. The summed E-state index contributed by atoms with van der Waals surface area (Å²) in [6, 6.07) is 8.53. The van der Waals surface area contributed by atoms with Crippen molar-refractivity contribution in [3.05, 3.63) is 69.3 Å². The standard InChI is InChI=1S/C24H27N3O2S/c1-6-16-9-7-8-10-17(16)11-13-27-23-18(19(28)21(26-27)24(3,4)5)15(2)20(30-23)22-25-12-14-29-22/h7-10,12,14H,6,11,13H2,1-5H3. The van der Waals surface area contributed by atoms with Gasteiger partial charge in [-0.2, -0.15) is 5.10 Å². The molecular formula is C24H27N3O2S.